The topological polar surface area (TPSA) is 102 Å². The van der Waals surface area contributed by atoms with Crippen LogP contribution in [-0.2, 0) is 0 Å². The first kappa shape index (κ1) is 25.4. The Labute approximate surface area is 231 Å². The van der Waals surface area contributed by atoms with E-state index in [0.29, 0.717) is 40.5 Å². The molecule has 40 heavy (non-hydrogen) atoms. The van der Waals surface area contributed by atoms with E-state index >= 15 is 0 Å². The van der Waals surface area contributed by atoms with Gasteiger partial charge in [0.25, 0.3) is 0 Å². The molecule has 10 heteroatoms. The van der Waals surface area contributed by atoms with Crippen LogP contribution in [-0.4, -0.2) is 76.3 Å². The summed E-state index contributed by atoms with van der Waals surface area (Å²) in [6.45, 7) is 1.53. The molecule has 0 atom stereocenters. The molecule has 9 nitrogen and oxygen atoms in total. The lowest BCUT2D eigenvalue weighted by Crippen LogP contribution is -2.20. The van der Waals surface area contributed by atoms with Gasteiger partial charge in [0.15, 0.2) is 5.82 Å². The van der Waals surface area contributed by atoms with E-state index in [-0.39, 0.29) is 5.82 Å². The van der Waals surface area contributed by atoms with Gasteiger partial charge in [-0.1, -0.05) is 6.07 Å². The number of benzene rings is 2. The van der Waals surface area contributed by atoms with Crippen molar-refractivity contribution < 1.29 is 4.39 Å². The van der Waals surface area contributed by atoms with E-state index in [1.807, 2.05) is 63.7 Å². The van der Waals surface area contributed by atoms with Crippen molar-refractivity contribution >= 4 is 33.3 Å². The molecular weight excluding hydrogens is 505 g/mol. The molecule has 0 bridgehead atoms. The van der Waals surface area contributed by atoms with Gasteiger partial charge in [0.05, 0.1) is 28.6 Å². The summed E-state index contributed by atoms with van der Waals surface area (Å²) < 4.78 is 14.6. The molecule has 0 amide bonds. The highest BCUT2D eigenvalue weighted by atomic mass is 19.1. The van der Waals surface area contributed by atoms with Gasteiger partial charge in [-0.2, -0.15) is 5.10 Å². The fourth-order valence-electron chi connectivity index (χ4n) is 4.72. The van der Waals surface area contributed by atoms with Crippen molar-refractivity contribution in [3.05, 3.63) is 72.9 Å². The van der Waals surface area contributed by atoms with Crippen LogP contribution in [0.15, 0.2) is 67.1 Å². The summed E-state index contributed by atoms with van der Waals surface area (Å²) in [4.78, 5) is 21.4. The van der Waals surface area contributed by atoms with E-state index < -0.39 is 0 Å². The molecule has 2 aromatic carbocycles. The van der Waals surface area contributed by atoms with E-state index in [1.54, 1.807) is 6.20 Å². The SMILES string of the molecule is CN(C)CCNc1cc(F)cc(-c2nccc3[nH]c(-c4n[nH]c5ccc(-c6cncc(N(C)C)c6)cc45)nc23)c1. The van der Waals surface area contributed by atoms with Crippen molar-refractivity contribution in [1.82, 2.24) is 35.0 Å². The monoisotopic (exact) mass is 535 g/mol. The molecule has 202 valence electrons. The van der Waals surface area contributed by atoms with Crippen molar-refractivity contribution in [3.63, 3.8) is 0 Å². The van der Waals surface area contributed by atoms with Crippen molar-refractivity contribution in [2.24, 2.45) is 0 Å². The van der Waals surface area contributed by atoms with E-state index in [2.05, 4.69) is 53.6 Å². The smallest absolute Gasteiger partial charge is 0.159 e. The highest BCUT2D eigenvalue weighted by Crippen LogP contribution is 2.33. The summed E-state index contributed by atoms with van der Waals surface area (Å²) in [5, 5.41) is 11.9. The normalized spacial score (nSPS) is 11.6. The molecule has 4 aromatic heterocycles. The maximum atomic E-state index is 14.6. The first-order valence-electron chi connectivity index (χ1n) is 13.0. The molecule has 0 unspecified atom stereocenters. The summed E-state index contributed by atoms with van der Waals surface area (Å²) in [6, 6.07) is 15.0. The number of aromatic nitrogens is 6. The van der Waals surface area contributed by atoms with E-state index in [9.17, 15) is 4.39 Å². The van der Waals surface area contributed by atoms with Crippen LogP contribution >= 0.6 is 0 Å². The molecule has 0 radical (unpaired) electrons. The number of imidazole rings is 1. The number of hydrogen-bond acceptors (Lipinski definition) is 7. The summed E-state index contributed by atoms with van der Waals surface area (Å²) in [5.74, 6) is 0.270. The number of rotatable bonds is 8. The first-order valence-corrected chi connectivity index (χ1v) is 13.0. The highest BCUT2D eigenvalue weighted by molar-refractivity contribution is 5.97. The average Bonchev–Trinajstić information content (AvgIpc) is 3.56. The summed E-state index contributed by atoms with van der Waals surface area (Å²) in [6.07, 6.45) is 5.40. The number of hydrogen-bond donors (Lipinski definition) is 3. The number of nitrogens with one attached hydrogen (secondary N) is 3. The number of aromatic amines is 2. The molecule has 0 fully saturated rings. The lowest BCUT2D eigenvalue weighted by Gasteiger charge is -2.13. The van der Waals surface area contributed by atoms with Crippen LogP contribution in [0.25, 0.3) is 55.8 Å². The van der Waals surface area contributed by atoms with Gasteiger partial charge in [-0.15, -0.1) is 0 Å². The zero-order chi connectivity index (χ0) is 27.8. The van der Waals surface area contributed by atoms with Gasteiger partial charge in [0.1, 0.15) is 17.0 Å². The first-order chi connectivity index (χ1) is 19.4. The second-order valence-corrected chi connectivity index (χ2v) is 10.3. The molecule has 6 aromatic rings. The number of fused-ring (bicyclic) bond motifs is 2. The molecule has 0 aliphatic heterocycles. The number of anilines is 2. The van der Waals surface area contributed by atoms with Crippen LogP contribution in [0.5, 0.6) is 0 Å². The van der Waals surface area contributed by atoms with Gasteiger partial charge in [0, 0.05) is 61.8 Å². The van der Waals surface area contributed by atoms with Gasteiger partial charge >= 0.3 is 0 Å². The standard InChI is InChI=1S/C30H30FN9/c1-39(2)10-9-33-22-12-19(11-21(31)15-22)27-29-26(7-8-34-27)35-30(36-29)28-24-14-18(5-6-25(24)37-38-28)20-13-23(40(3)4)17-32-16-20/h5-8,11-17,33H,9-10H2,1-4H3,(H,35,36)(H,37,38). The molecule has 3 N–H and O–H groups in total. The van der Waals surface area contributed by atoms with Gasteiger partial charge in [-0.25, -0.2) is 9.37 Å². The minimum absolute atomic E-state index is 0.335. The number of nitrogens with zero attached hydrogens (tertiary/aromatic N) is 6. The molecular formula is C30H30FN9. The van der Waals surface area contributed by atoms with Crippen LogP contribution in [0, 0.1) is 5.82 Å². The third-order valence-electron chi connectivity index (χ3n) is 6.82. The molecule has 0 aliphatic carbocycles. The summed E-state index contributed by atoms with van der Waals surface area (Å²) in [5.41, 5.74) is 8.05. The predicted octanol–water partition coefficient (Wildman–Crippen LogP) is 5.41. The Morgan fingerprint density at radius 2 is 1.75 bits per heavy atom. The van der Waals surface area contributed by atoms with E-state index in [1.165, 1.54) is 12.1 Å². The lowest BCUT2D eigenvalue weighted by atomic mass is 10.0. The van der Waals surface area contributed by atoms with Gasteiger partial charge in [0.2, 0.25) is 0 Å². The summed E-state index contributed by atoms with van der Waals surface area (Å²) >= 11 is 0. The maximum absolute atomic E-state index is 14.6. The maximum Gasteiger partial charge on any atom is 0.159 e. The quantitative estimate of drug-likeness (QED) is 0.240. The molecule has 0 spiro atoms. The van der Waals surface area contributed by atoms with Crippen molar-refractivity contribution in [2.45, 2.75) is 0 Å². The molecule has 0 saturated heterocycles. The van der Waals surface area contributed by atoms with Gasteiger partial charge in [-0.3, -0.25) is 15.1 Å². The largest absolute Gasteiger partial charge is 0.384 e. The third-order valence-corrected chi connectivity index (χ3v) is 6.82. The predicted molar refractivity (Wildman–Crippen MR) is 159 cm³/mol. The Morgan fingerprint density at radius 3 is 2.58 bits per heavy atom. The summed E-state index contributed by atoms with van der Waals surface area (Å²) in [7, 11) is 7.99. The van der Waals surface area contributed by atoms with Crippen LogP contribution in [0.3, 0.4) is 0 Å². The van der Waals surface area contributed by atoms with Crippen LogP contribution in [0.2, 0.25) is 0 Å². The zero-order valence-corrected chi connectivity index (χ0v) is 22.8. The Morgan fingerprint density at radius 1 is 0.875 bits per heavy atom. The van der Waals surface area contributed by atoms with Crippen molar-refractivity contribution in [2.75, 3.05) is 51.5 Å². The fraction of sp³-hybridized carbons (Fsp3) is 0.200. The second-order valence-electron chi connectivity index (χ2n) is 10.3. The number of H-pyrrole nitrogens is 2. The lowest BCUT2D eigenvalue weighted by molar-refractivity contribution is 0.425. The van der Waals surface area contributed by atoms with Crippen molar-refractivity contribution in [1.29, 1.82) is 0 Å². The Kier molecular flexibility index (Phi) is 6.61. The minimum Gasteiger partial charge on any atom is -0.384 e. The second kappa shape index (κ2) is 10.4. The number of halogens is 1. The molecule has 6 rings (SSSR count). The zero-order valence-electron chi connectivity index (χ0n) is 22.8. The minimum atomic E-state index is -0.335. The highest BCUT2D eigenvalue weighted by Gasteiger charge is 2.17. The third kappa shape index (κ3) is 4.96. The van der Waals surface area contributed by atoms with Gasteiger partial charge in [-0.05, 0) is 62.1 Å². The Hall–Kier alpha value is -4.83. The number of pyridine rings is 2. The van der Waals surface area contributed by atoms with Crippen LogP contribution in [0.4, 0.5) is 15.8 Å². The van der Waals surface area contributed by atoms with E-state index in [0.717, 1.165) is 39.8 Å². The van der Waals surface area contributed by atoms with Crippen LogP contribution in [0.1, 0.15) is 0 Å². The Balaban J connectivity index is 1.39. The van der Waals surface area contributed by atoms with Crippen molar-refractivity contribution in [3.8, 4) is 33.9 Å². The molecule has 4 heterocycles. The fourth-order valence-corrected chi connectivity index (χ4v) is 4.72. The molecule has 0 saturated carbocycles. The van der Waals surface area contributed by atoms with E-state index in [4.69, 9.17) is 4.98 Å². The Bertz CT molecular complexity index is 1820. The number of likely N-dealkylation sites (N-methyl/N-ethyl adjacent to an activating group) is 1. The van der Waals surface area contributed by atoms with Crippen LogP contribution < -0.4 is 10.2 Å². The molecule has 0 aliphatic rings. The van der Waals surface area contributed by atoms with Gasteiger partial charge < -0.3 is 20.1 Å². The average molecular weight is 536 g/mol.